The maximum absolute atomic E-state index is 11.6. The first kappa shape index (κ1) is 10.6. The number of pyridine rings is 1. The van der Waals surface area contributed by atoms with E-state index in [1.54, 1.807) is 6.20 Å². The third-order valence-electron chi connectivity index (χ3n) is 1.96. The molecule has 0 radical (unpaired) electrons. The van der Waals surface area contributed by atoms with E-state index in [0.29, 0.717) is 0 Å². The molecule has 0 spiro atoms. The van der Waals surface area contributed by atoms with Crippen molar-refractivity contribution in [1.82, 2.24) is 9.88 Å². The fourth-order valence-electron chi connectivity index (χ4n) is 1.31. The van der Waals surface area contributed by atoms with Crippen LogP contribution >= 0.6 is 0 Å². The van der Waals surface area contributed by atoms with Gasteiger partial charge in [-0.15, -0.1) is 0 Å². The Labute approximate surface area is 84.1 Å². The van der Waals surface area contributed by atoms with Crippen LogP contribution in [0.15, 0.2) is 37.1 Å². The van der Waals surface area contributed by atoms with Crippen molar-refractivity contribution < 1.29 is 4.79 Å². The molecule has 1 heterocycles. The number of likely N-dealkylation sites (N-methyl/N-ethyl adjacent to an activating group) is 1. The van der Waals surface area contributed by atoms with Crippen LogP contribution in [0.25, 0.3) is 0 Å². The highest BCUT2D eigenvalue weighted by Gasteiger charge is 2.20. The standard InChI is InChI=1S/C11H14N2O/c1-4-10(14)11(13(2)3)9-7-5-6-8-12-9/h4-8,11H,1H2,2-3H3. The van der Waals surface area contributed by atoms with E-state index >= 15 is 0 Å². The number of ketones is 1. The van der Waals surface area contributed by atoms with Gasteiger partial charge in [0.1, 0.15) is 6.04 Å². The molecular weight excluding hydrogens is 176 g/mol. The minimum absolute atomic E-state index is 0.0336. The van der Waals surface area contributed by atoms with Crippen LogP contribution in [0.2, 0.25) is 0 Å². The molecule has 0 saturated carbocycles. The average molecular weight is 190 g/mol. The molecule has 1 atom stereocenters. The molecule has 0 bridgehead atoms. The molecule has 0 fully saturated rings. The Morgan fingerprint density at radius 2 is 2.29 bits per heavy atom. The Morgan fingerprint density at radius 3 is 2.71 bits per heavy atom. The van der Waals surface area contributed by atoms with Gasteiger partial charge in [-0.2, -0.15) is 0 Å². The van der Waals surface area contributed by atoms with Gasteiger partial charge in [0, 0.05) is 6.20 Å². The van der Waals surface area contributed by atoms with Gasteiger partial charge in [-0.1, -0.05) is 12.6 Å². The Bertz CT molecular complexity index is 319. The lowest BCUT2D eigenvalue weighted by Crippen LogP contribution is -2.27. The first-order valence-corrected chi connectivity index (χ1v) is 4.40. The van der Waals surface area contributed by atoms with Crippen LogP contribution in [0.3, 0.4) is 0 Å². The van der Waals surface area contributed by atoms with E-state index in [0.717, 1.165) is 5.69 Å². The van der Waals surface area contributed by atoms with E-state index in [4.69, 9.17) is 0 Å². The lowest BCUT2D eigenvalue weighted by molar-refractivity contribution is -0.119. The first-order valence-electron chi connectivity index (χ1n) is 4.40. The number of rotatable bonds is 4. The quantitative estimate of drug-likeness (QED) is 0.673. The van der Waals surface area contributed by atoms with Crippen LogP contribution in [-0.4, -0.2) is 29.8 Å². The molecule has 1 rings (SSSR count). The van der Waals surface area contributed by atoms with Crippen LogP contribution < -0.4 is 0 Å². The maximum Gasteiger partial charge on any atom is 0.178 e. The molecule has 1 aromatic heterocycles. The largest absolute Gasteiger partial charge is 0.295 e. The normalized spacial score (nSPS) is 12.5. The van der Waals surface area contributed by atoms with Gasteiger partial charge in [-0.05, 0) is 32.3 Å². The van der Waals surface area contributed by atoms with E-state index < -0.39 is 0 Å². The fourth-order valence-corrected chi connectivity index (χ4v) is 1.31. The molecule has 0 aromatic carbocycles. The van der Waals surface area contributed by atoms with E-state index in [9.17, 15) is 4.79 Å². The molecule has 3 nitrogen and oxygen atoms in total. The molecule has 0 N–H and O–H groups in total. The van der Waals surface area contributed by atoms with Crippen molar-refractivity contribution in [3.8, 4) is 0 Å². The van der Waals surface area contributed by atoms with Crippen LogP contribution in [0.4, 0.5) is 0 Å². The number of carbonyl (C=O) groups is 1. The van der Waals surface area contributed by atoms with Crippen molar-refractivity contribution >= 4 is 5.78 Å². The van der Waals surface area contributed by atoms with Crippen molar-refractivity contribution in [3.05, 3.63) is 42.7 Å². The van der Waals surface area contributed by atoms with Gasteiger partial charge in [0.2, 0.25) is 0 Å². The second-order valence-corrected chi connectivity index (χ2v) is 3.23. The van der Waals surface area contributed by atoms with Crippen molar-refractivity contribution in [1.29, 1.82) is 0 Å². The Kier molecular flexibility index (Phi) is 3.54. The number of aromatic nitrogens is 1. The molecule has 74 valence electrons. The highest BCUT2D eigenvalue weighted by molar-refractivity contribution is 5.94. The zero-order valence-electron chi connectivity index (χ0n) is 8.47. The third kappa shape index (κ3) is 2.26. The maximum atomic E-state index is 11.6. The summed E-state index contributed by atoms with van der Waals surface area (Å²) in [4.78, 5) is 17.5. The zero-order valence-corrected chi connectivity index (χ0v) is 8.47. The van der Waals surface area contributed by atoms with Crippen LogP contribution in [-0.2, 0) is 4.79 Å². The lowest BCUT2D eigenvalue weighted by atomic mass is 10.1. The predicted molar refractivity (Wildman–Crippen MR) is 55.9 cm³/mol. The summed E-state index contributed by atoms with van der Waals surface area (Å²) in [5.41, 5.74) is 0.752. The number of hydrogen-bond donors (Lipinski definition) is 0. The molecule has 0 aliphatic carbocycles. The minimum atomic E-state index is -0.325. The average Bonchev–Trinajstić information content (AvgIpc) is 2.19. The molecule has 3 heteroatoms. The van der Waals surface area contributed by atoms with Crippen LogP contribution in [0.1, 0.15) is 11.7 Å². The van der Waals surface area contributed by atoms with E-state index in [-0.39, 0.29) is 11.8 Å². The predicted octanol–water partition coefficient (Wildman–Crippen LogP) is 1.44. The first-order chi connectivity index (χ1) is 6.66. The van der Waals surface area contributed by atoms with Crippen molar-refractivity contribution in [2.24, 2.45) is 0 Å². The summed E-state index contributed by atoms with van der Waals surface area (Å²) >= 11 is 0. The molecule has 14 heavy (non-hydrogen) atoms. The van der Waals surface area contributed by atoms with E-state index in [2.05, 4.69) is 11.6 Å². The van der Waals surface area contributed by atoms with Crippen LogP contribution in [0.5, 0.6) is 0 Å². The van der Waals surface area contributed by atoms with Crippen molar-refractivity contribution in [2.45, 2.75) is 6.04 Å². The van der Waals surface area contributed by atoms with E-state index in [1.165, 1.54) is 6.08 Å². The van der Waals surface area contributed by atoms with E-state index in [1.807, 2.05) is 37.2 Å². The molecule has 0 saturated heterocycles. The number of nitrogens with zero attached hydrogens (tertiary/aromatic N) is 2. The SMILES string of the molecule is C=CC(=O)C(c1ccccn1)N(C)C. The summed E-state index contributed by atoms with van der Waals surface area (Å²) in [6, 6.07) is 5.21. The summed E-state index contributed by atoms with van der Waals surface area (Å²) in [6.07, 6.45) is 3.02. The van der Waals surface area contributed by atoms with Gasteiger partial charge >= 0.3 is 0 Å². The van der Waals surface area contributed by atoms with Gasteiger partial charge < -0.3 is 0 Å². The second kappa shape index (κ2) is 4.67. The van der Waals surface area contributed by atoms with Crippen LogP contribution in [0, 0.1) is 0 Å². The van der Waals surface area contributed by atoms with Gasteiger partial charge in [-0.3, -0.25) is 14.7 Å². The third-order valence-corrected chi connectivity index (χ3v) is 1.96. The Hall–Kier alpha value is -1.48. The number of hydrogen-bond acceptors (Lipinski definition) is 3. The highest BCUT2D eigenvalue weighted by atomic mass is 16.1. The van der Waals surface area contributed by atoms with Gasteiger partial charge in [0.05, 0.1) is 5.69 Å². The molecule has 1 aromatic rings. The summed E-state index contributed by atoms with van der Waals surface area (Å²) in [6.45, 7) is 3.49. The minimum Gasteiger partial charge on any atom is -0.295 e. The lowest BCUT2D eigenvalue weighted by Gasteiger charge is -2.20. The van der Waals surface area contributed by atoms with Crippen molar-refractivity contribution in [2.75, 3.05) is 14.1 Å². The highest BCUT2D eigenvalue weighted by Crippen LogP contribution is 2.16. The van der Waals surface area contributed by atoms with Gasteiger partial charge in [0.25, 0.3) is 0 Å². The summed E-state index contributed by atoms with van der Waals surface area (Å²) in [7, 11) is 3.70. The molecular formula is C11H14N2O. The Morgan fingerprint density at radius 1 is 1.57 bits per heavy atom. The van der Waals surface area contributed by atoms with Gasteiger partial charge in [-0.25, -0.2) is 0 Å². The summed E-state index contributed by atoms with van der Waals surface area (Å²) < 4.78 is 0. The molecule has 1 unspecified atom stereocenters. The van der Waals surface area contributed by atoms with Gasteiger partial charge in [0.15, 0.2) is 5.78 Å². The van der Waals surface area contributed by atoms with Crippen molar-refractivity contribution in [3.63, 3.8) is 0 Å². The molecule has 0 amide bonds. The summed E-state index contributed by atoms with van der Waals surface area (Å²) in [5.74, 6) is -0.0336. The molecule has 0 aliphatic heterocycles. The molecule has 0 aliphatic rings. The monoisotopic (exact) mass is 190 g/mol. The zero-order chi connectivity index (χ0) is 10.6. The smallest absolute Gasteiger partial charge is 0.178 e. The number of carbonyl (C=O) groups excluding carboxylic acids is 1. The Balaban J connectivity index is 3.01. The fraction of sp³-hybridized carbons (Fsp3) is 0.273. The topological polar surface area (TPSA) is 33.2 Å². The second-order valence-electron chi connectivity index (χ2n) is 3.23. The summed E-state index contributed by atoms with van der Waals surface area (Å²) in [5, 5.41) is 0.